The van der Waals surface area contributed by atoms with Gasteiger partial charge in [0, 0.05) is 141 Å². The van der Waals surface area contributed by atoms with Gasteiger partial charge in [-0.2, -0.15) is 0 Å². The molecule has 0 saturated carbocycles. The minimum absolute atomic E-state index is 0.0322. The molecule has 14 nitrogen and oxygen atoms in total. The highest BCUT2D eigenvalue weighted by Crippen LogP contribution is 2.34. The highest BCUT2D eigenvalue weighted by molar-refractivity contribution is 9.08. The van der Waals surface area contributed by atoms with Crippen LogP contribution in [-0.4, -0.2) is 110 Å². The van der Waals surface area contributed by atoms with Gasteiger partial charge in [-0.1, -0.05) is 52.3 Å². The zero-order valence-electron chi connectivity index (χ0n) is 36.4. The number of nitrogens with one attached hydrogen (secondary N) is 2. The fourth-order valence-corrected chi connectivity index (χ4v) is 9.60. The number of rotatable bonds is 5. The third-order valence-electron chi connectivity index (χ3n) is 12.4. The average Bonchev–Trinajstić information content (AvgIpc) is 3.84. The second kappa shape index (κ2) is 18.5. The van der Waals surface area contributed by atoms with Crippen LogP contribution in [0.2, 0.25) is 0 Å². The van der Waals surface area contributed by atoms with Crippen molar-refractivity contribution in [2.24, 2.45) is 7.05 Å². The standard InChI is InChI=1S/C23H27N5O2.C14H20N4O2.C10H10BrN/c1-16-13-17(2)26-22(25-16)27-9-7-23(8-10-27)21(29)28(11-12-30-23)15-18-14-24-20-6-4-3-5-19(18)20;1-10-9-11(2)17-13(16-10)18-6-3-14(4-7-18)12(19)15-5-8-20-14;1-12-7-8(6-11)9-4-2-3-5-10(9)12/h3-6,13-14,24H,7-12,15H2,1-2H3;9H,3-8H2,1-2H3,(H,15,19);2-5,7H,6H2,1H3. The summed E-state index contributed by atoms with van der Waals surface area (Å²) in [5.74, 6) is 1.65. The van der Waals surface area contributed by atoms with Gasteiger partial charge in [0.1, 0.15) is 11.2 Å². The first kappa shape index (κ1) is 43.3. The lowest BCUT2D eigenvalue weighted by Crippen LogP contribution is -2.60. The third kappa shape index (κ3) is 9.20. The van der Waals surface area contributed by atoms with Crippen LogP contribution in [0, 0.1) is 27.7 Å². The maximum atomic E-state index is 13.5. The fourth-order valence-electron chi connectivity index (χ4n) is 9.15. The van der Waals surface area contributed by atoms with Crippen molar-refractivity contribution in [1.29, 1.82) is 0 Å². The number of halogens is 1. The van der Waals surface area contributed by atoms with Crippen molar-refractivity contribution < 1.29 is 19.1 Å². The molecule has 0 unspecified atom stereocenters. The van der Waals surface area contributed by atoms with Gasteiger partial charge in [0.25, 0.3) is 11.8 Å². The molecule has 2 spiro atoms. The van der Waals surface area contributed by atoms with Crippen LogP contribution in [0.15, 0.2) is 73.1 Å². The van der Waals surface area contributed by atoms with E-state index in [-0.39, 0.29) is 11.8 Å². The Balaban J connectivity index is 0.000000142. The summed E-state index contributed by atoms with van der Waals surface area (Å²) in [6.07, 6.45) is 6.88. The van der Waals surface area contributed by atoms with Crippen LogP contribution in [-0.2, 0) is 38.0 Å². The van der Waals surface area contributed by atoms with Gasteiger partial charge in [0.15, 0.2) is 0 Å². The van der Waals surface area contributed by atoms with Crippen LogP contribution in [0.4, 0.5) is 11.9 Å². The molecule has 8 heterocycles. The van der Waals surface area contributed by atoms with E-state index in [0.29, 0.717) is 58.5 Å². The molecule has 4 aliphatic heterocycles. The van der Waals surface area contributed by atoms with E-state index < -0.39 is 11.2 Å². The number of morpholine rings is 2. The van der Waals surface area contributed by atoms with Crippen molar-refractivity contribution in [2.45, 2.75) is 76.5 Å². The second-order valence-corrected chi connectivity index (χ2v) is 17.4. The normalized spacial score (nSPS) is 18.4. The van der Waals surface area contributed by atoms with Gasteiger partial charge in [0.05, 0.1) is 13.2 Å². The molecular weight excluding hydrogens is 848 g/mol. The van der Waals surface area contributed by atoms with Crippen LogP contribution in [0.3, 0.4) is 0 Å². The largest absolute Gasteiger partial charge is 0.363 e. The number of carbonyl (C=O) groups is 2. The fraction of sp³-hybridized carbons (Fsp3) is 0.447. The van der Waals surface area contributed by atoms with Crippen molar-refractivity contribution in [3.8, 4) is 0 Å². The Bertz CT molecular complexity index is 2500. The summed E-state index contributed by atoms with van der Waals surface area (Å²) in [7, 11) is 2.08. The maximum Gasteiger partial charge on any atom is 0.255 e. The van der Waals surface area contributed by atoms with E-state index in [4.69, 9.17) is 9.47 Å². The molecular formula is C47H57BrN10O4. The van der Waals surface area contributed by atoms with Gasteiger partial charge >= 0.3 is 0 Å². The van der Waals surface area contributed by atoms with Gasteiger partial charge in [-0.05, 0) is 63.1 Å². The summed E-state index contributed by atoms with van der Waals surface area (Å²) in [5, 5.41) is 6.34. The summed E-state index contributed by atoms with van der Waals surface area (Å²) >= 11 is 3.48. The number of anilines is 2. The first-order valence-corrected chi connectivity index (χ1v) is 22.7. The Morgan fingerprint density at radius 3 is 1.84 bits per heavy atom. The minimum atomic E-state index is -0.722. The summed E-state index contributed by atoms with van der Waals surface area (Å²) in [5.41, 5.74) is 7.42. The number of hydrogen-bond donors (Lipinski definition) is 2. The van der Waals surface area contributed by atoms with Crippen LogP contribution in [0.1, 0.15) is 59.6 Å². The topological polar surface area (TPSA) is 147 Å². The quantitative estimate of drug-likeness (QED) is 0.181. The number of carbonyl (C=O) groups excluding carboxylic acids is 2. The van der Waals surface area contributed by atoms with Gasteiger partial charge in [0.2, 0.25) is 11.9 Å². The number of ether oxygens (including phenoxy) is 2. The van der Waals surface area contributed by atoms with Crippen molar-refractivity contribution >= 4 is 61.4 Å². The lowest BCUT2D eigenvalue weighted by molar-refractivity contribution is -0.176. The molecule has 326 valence electrons. The van der Waals surface area contributed by atoms with E-state index in [0.717, 1.165) is 77.3 Å². The minimum Gasteiger partial charge on any atom is -0.363 e. The molecule has 2 N–H and O–H groups in total. The van der Waals surface area contributed by atoms with Crippen molar-refractivity contribution in [1.82, 2.24) is 39.7 Å². The highest BCUT2D eigenvalue weighted by atomic mass is 79.9. The molecule has 10 rings (SSSR count). The van der Waals surface area contributed by atoms with Crippen molar-refractivity contribution in [3.05, 3.63) is 107 Å². The van der Waals surface area contributed by atoms with E-state index in [1.165, 1.54) is 21.9 Å². The number of fused-ring (bicyclic) bond motifs is 2. The second-order valence-electron chi connectivity index (χ2n) is 16.8. The molecule has 2 amide bonds. The SMILES string of the molecule is Cc1cc(C)nc(N2CCC3(CC2)OCCN(Cc2c[nH]c4ccccc24)C3=O)n1.Cc1cc(C)nc(N2CCC3(CC2)OCCNC3=O)n1.Cn1cc(CBr)c2ccccc21. The molecule has 15 heteroatoms. The van der Waals surface area contributed by atoms with E-state index in [9.17, 15) is 9.59 Å². The first-order valence-electron chi connectivity index (χ1n) is 21.6. The smallest absolute Gasteiger partial charge is 0.255 e. The zero-order valence-corrected chi connectivity index (χ0v) is 38.0. The number of nitrogens with zero attached hydrogens (tertiary/aromatic N) is 8. The molecule has 4 aromatic heterocycles. The van der Waals surface area contributed by atoms with Crippen molar-refractivity contribution in [3.63, 3.8) is 0 Å². The van der Waals surface area contributed by atoms with Gasteiger partial charge in [-0.3, -0.25) is 9.59 Å². The van der Waals surface area contributed by atoms with E-state index in [2.05, 4.69) is 110 Å². The van der Waals surface area contributed by atoms with E-state index in [1.54, 1.807) is 0 Å². The van der Waals surface area contributed by atoms with Gasteiger partial charge < -0.3 is 39.0 Å². The molecule has 62 heavy (non-hydrogen) atoms. The molecule has 4 fully saturated rings. The van der Waals surface area contributed by atoms with Gasteiger partial charge in [-0.15, -0.1) is 0 Å². The first-order chi connectivity index (χ1) is 30.0. The van der Waals surface area contributed by atoms with E-state index >= 15 is 0 Å². The molecule has 2 aromatic carbocycles. The molecule has 0 radical (unpaired) electrons. The number of piperidine rings is 2. The number of alkyl halides is 1. The average molecular weight is 906 g/mol. The highest BCUT2D eigenvalue weighted by Gasteiger charge is 2.48. The van der Waals surface area contributed by atoms with Crippen molar-refractivity contribution in [2.75, 3.05) is 62.3 Å². The Labute approximate surface area is 371 Å². The van der Waals surface area contributed by atoms with Crippen LogP contribution in [0.25, 0.3) is 21.8 Å². The summed E-state index contributed by atoms with van der Waals surface area (Å²) in [6.45, 7) is 13.9. The number of para-hydroxylation sites is 2. The van der Waals surface area contributed by atoms with Crippen LogP contribution in [0.5, 0.6) is 0 Å². The van der Waals surface area contributed by atoms with Crippen LogP contribution < -0.4 is 15.1 Å². The lowest BCUT2D eigenvalue weighted by atomic mass is 9.88. The number of aryl methyl sites for hydroxylation is 5. The lowest BCUT2D eigenvalue weighted by Gasteiger charge is -2.46. The zero-order chi connectivity index (χ0) is 43.4. The molecule has 4 saturated heterocycles. The number of aromatic amines is 1. The molecule has 0 aliphatic carbocycles. The summed E-state index contributed by atoms with van der Waals surface area (Å²) in [4.78, 5) is 53.2. The van der Waals surface area contributed by atoms with Gasteiger partial charge in [-0.25, -0.2) is 19.9 Å². The summed E-state index contributed by atoms with van der Waals surface area (Å²) in [6, 6.07) is 20.6. The third-order valence-corrected chi connectivity index (χ3v) is 13.0. The van der Waals surface area contributed by atoms with Crippen LogP contribution >= 0.6 is 15.9 Å². The Morgan fingerprint density at radius 2 is 1.24 bits per heavy atom. The number of amides is 2. The maximum absolute atomic E-state index is 13.5. The number of benzene rings is 2. The number of hydrogen-bond acceptors (Lipinski definition) is 10. The number of aromatic nitrogens is 6. The number of H-pyrrole nitrogens is 1. The molecule has 0 bridgehead atoms. The Morgan fingerprint density at radius 1 is 0.694 bits per heavy atom. The Kier molecular flexibility index (Phi) is 12.9. The predicted octanol–water partition coefficient (Wildman–Crippen LogP) is 6.62. The molecule has 4 aliphatic rings. The Hall–Kier alpha value is -5.38. The molecule has 6 aromatic rings. The predicted molar refractivity (Wildman–Crippen MR) is 246 cm³/mol. The molecule has 0 atom stereocenters. The monoisotopic (exact) mass is 904 g/mol. The summed E-state index contributed by atoms with van der Waals surface area (Å²) < 4.78 is 14.1. The van der Waals surface area contributed by atoms with E-state index in [1.807, 2.05) is 63.1 Å².